The summed E-state index contributed by atoms with van der Waals surface area (Å²) in [5.74, 6) is 0. The van der Waals surface area contributed by atoms with Gasteiger partial charge in [-0.15, -0.1) is 0 Å². The Bertz CT molecular complexity index is 151. The first-order valence-corrected chi connectivity index (χ1v) is 2.81. The molecule has 2 aromatic rings. The van der Waals surface area contributed by atoms with Crippen molar-refractivity contribution in [3.8, 4) is 0 Å². The van der Waals surface area contributed by atoms with Gasteiger partial charge in [-0.2, -0.15) is 0 Å². The molecule has 3 nitrogen and oxygen atoms in total. The zero-order valence-electron chi connectivity index (χ0n) is 5.31. The van der Waals surface area contributed by atoms with Crippen LogP contribution >= 0.6 is 0 Å². The normalized spacial score (nSPS) is 8.00. The van der Waals surface area contributed by atoms with Crippen LogP contribution in [0.15, 0.2) is 52.1 Å². The van der Waals surface area contributed by atoms with Crippen molar-refractivity contribution in [3.63, 3.8) is 0 Å². The van der Waals surface area contributed by atoms with Gasteiger partial charge in [0.1, 0.15) is 6.26 Å². The molecule has 2 rings (SSSR count). The van der Waals surface area contributed by atoms with E-state index >= 15 is 0 Å². The molecule has 0 radical (unpaired) electrons. The Hall–Kier alpha value is -1.51. The van der Waals surface area contributed by atoms with E-state index in [1.165, 1.54) is 6.26 Å². The predicted octanol–water partition coefficient (Wildman–Crippen LogP) is 1.95. The van der Waals surface area contributed by atoms with Crippen molar-refractivity contribution in [1.82, 2.24) is 5.16 Å². The molecule has 0 aromatic carbocycles. The summed E-state index contributed by atoms with van der Waals surface area (Å²) in [5, 5.41) is 3.35. The highest BCUT2D eigenvalue weighted by atomic mass is 16.5. The first-order chi connectivity index (χ1) is 5.00. The van der Waals surface area contributed by atoms with E-state index in [2.05, 4.69) is 14.1 Å². The molecule has 52 valence electrons. The van der Waals surface area contributed by atoms with Crippen LogP contribution < -0.4 is 0 Å². The highest BCUT2D eigenvalue weighted by Crippen LogP contribution is 1.79. The third-order valence-corrected chi connectivity index (χ3v) is 0.773. The summed E-state index contributed by atoms with van der Waals surface area (Å²) in [4.78, 5) is 0. The molecular weight excluding hydrogens is 130 g/mol. The molecule has 0 N–H and O–H groups in total. The Kier molecular flexibility index (Phi) is 2.89. The number of nitrogens with zero attached hydrogens (tertiary/aromatic N) is 1. The average Bonchev–Trinajstić information content (AvgIpc) is 2.67. The highest BCUT2D eigenvalue weighted by molar-refractivity contribution is 4.79. The largest absolute Gasteiger partial charge is 0.473 e. The lowest BCUT2D eigenvalue weighted by molar-refractivity contribution is 0.420. The smallest absolute Gasteiger partial charge is 0.123 e. The molecule has 0 saturated heterocycles. The fourth-order valence-corrected chi connectivity index (χ4v) is 0.402. The van der Waals surface area contributed by atoms with Gasteiger partial charge in [0.05, 0.1) is 18.7 Å². The van der Waals surface area contributed by atoms with Crippen LogP contribution in [0, 0.1) is 0 Å². The lowest BCUT2D eigenvalue weighted by Gasteiger charge is -1.50. The quantitative estimate of drug-likeness (QED) is 0.557. The summed E-state index contributed by atoms with van der Waals surface area (Å²) in [6.45, 7) is 0. The third kappa shape index (κ3) is 2.71. The van der Waals surface area contributed by atoms with Gasteiger partial charge in [-0.05, 0) is 18.2 Å². The van der Waals surface area contributed by atoms with Crippen LogP contribution in [0.3, 0.4) is 0 Å². The molecule has 3 heteroatoms. The van der Waals surface area contributed by atoms with Crippen molar-refractivity contribution in [2.24, 2.45) is 0 Å². The van der Waals surface area contributed by atoms with Gasteiger partial charge in [-0.25, -0.2) is 0 Å². The van der Waals surface area contributed by atoms with Gasteiger partial charge in [0.25, 0.3) is 0 Å². The summed E-state index contributed by atoms with van der Waals surface area (Å²) in [6.07, 6.45) is 6.35. The van der Waals surface area contributed by atoms with Crippen molar-refractivity contribution in [2.75, 3.05) is 0 Å². The van der Waals surface area contributed by atoms with Crippen LogP contribution in [0.2, 0.25) is 0 Å². The zero-order valence-corrected chi connectivity index (χ0v) is 5.31. The van der Waals surface area contributed by atoms with Crippen LogP contribution in [0.5, 0.6) is 0 Å². The molecule has 0 spiro atoms. The number of rotatable bonds is 0. The first kappa shape index (κ1) is 6.61. The molecule has 2 aromatic heterocycles. The third-order valence-electron chi connectivity index (χ3n) is 0.773. The molecule has 0 aliphatic carbocycles. The molecule has 0 fully saturated rings. The van der Waals surface area contributed by atoms with Crippen molar-refractivity contribution in [3.05, 3.63) is 43.2 Å². The molecule has 0 saturated carbocycles. The zero-order chi connectivity index (χ0) is 7.07. The fraction of sp³-hybridized carbons (Fsp3) is 0. The maximum atomic E-state index is 4.58. The number of hydrogen-bond acceptors (Lipinski definition) is 3. The van der Waals surface area contributed by atoms with Crippen molar-refractivity contribution >= 4 is 0 Å². The van der Waals surface area contributed by atoms with Crippen LogP contribution in [0.1, 0.15) is 0 Å². The van der Waals surface area contributed by atoms with Crippen molar-refractivity contribution in [2.45, 2.75) is 0 Å². The molecule has 2 heterocycles. The van der Waals surface area contributed by atoms with E-state index in [0.717, 1.165) is 0 Å². The van der Waals surface area contributed by atoms with Gasteiger partial charge in [-0.1, -0.05) is 5.16 Å². The molecule has 0 unspecified atom stereocenters. The van der Waals surface area contributed by atoms with E-state index in [4.69, 9.17) is 0 Å². The van der Waals surface area contributed by atoms with Crippen molar-refractivity contribution in [1.29, 1.82) is 0 Å². The van der Waals surface area contributed by atoms with Gasteiger partial charge < -0.3 is 8.94 Å². The van der Waals surface area contributed by atoms with E-state index in [0.29, 0.717) is 0 Å². The number of furan rings is 1. The summed E-state index contributed by atoms with van der Waals surface area (Å²) < 4.78 is 8.92. The molecular formula is C7H7NO2. The Morgan fingerprint density at radius 1 is 0.900 bits per heavy atom. The van der Waals surface area contributed by atoms with E-state index in [1.54, 1.807) is 24.8 Å². The Morgan fingerprint density at radius 3 is 1.90 bits per heavy atom. The monoisotopic (exact) mass is 137 g/mol. The second-order valence-corrected chi connectivity index (χ2v) is 1.48. The minimum atomic E-state index is 1.51. The highest BCUT2D eigenvalue weighted by Gasteiger charge is 1.60. The lowest BCUT2D eigenvalue weighted by atomic mass is 10.7. The minimum Gasteiger partial charge on any atom is -0.473 e. The molecule has 10 heavy (non-hydrogen) atoms. The van der Waals surface area contributed by atoms with Gasteiger partial charge in [-0.3, -0.25) is 0 Å². The van der Waals surface area contributed by atoms with Crippen LogP contribution in [-0.2, 0) is 0 Å². The SMILES string of the molecule is c1ccoc1.c1cnoc1. The summed E-state index contributed by atoms with van der Waals surface area (Å²) in [7, 11) is 0. The Balaban J connectivity index is 0.0000001000. The molecule has 0 amide bonds. The van der Waals surface area contributed by atoms with Crippen molar-refractivity contribution < 1.29 is 8.94 Å². The minimum absolute atomic E-state index is 1.51. The molecule has 0 aliphatic rings. The number of hydrogen-bond donors (Lipinski definition) is 0. The van der Waals surface area contributed by atoms with E-state index < -0.39 is 0 Å². The summed E-state index contributed by atoms with van der Waals surface area (Å²) >= 11 is 0. The average molecular weight is 137 g/mol. The molecule has 0 aliphatic heterocycles. The maximum Gasteiger partial charge on any atom is 0.123 e. The standard InChI is InChI=1S/C4H4O.C3H3NO/c2*1-2-4-5-3-1/h1-4H;1-3H. The van der Waals surface area contributed by atoms with Crippen LogP contribution in [-0.4, -0.2) is 5.16 Å². The fourth-order valence-electron chi connectivity index (χ4n) is 0.402. The van der Waals surface area contributed by atoms with E-state index in [1.807, 2.05) is 12.1 Å². The topological polar surface area (TPSA) is 39.2 Å². The van der Waals surface area contributed by atoms with Crippen LogP contribution in [0.25, 0.3) is 0 Å². The predicted molar refractivity (Wildman–Crippen MR) is 35.2 cm³/mol. The second kappa shape index (κ2) is 4.38. The van der Waals surface area contributed by atoms with Crippen LogP contribution in [0.4, 0.5) is 0 Å². The molecule has 0 bridgehead atoms. The maximum absolute atomic E-state index is 4.58. The first-order valence-electron chi connectivity index (χ1n) is 2.81. The summed E-state index contributed by atoms with van der Waals surface area (Å²) in [5.41, 5.74) is 0. The van der Waals surface area contributed by atoms with E-state index in [-0.39, 0.29) is 0 Å². The lowest BCUT2D eigenvalue weighted by Crippen LogP contribution is -1.38. The molecule has 0 atom stereocenters. The Labute approximate surface area is 58.3 Å². The second-order valence-electron chi connectivity index (χ2n) is 1.48. The number of aromatic nitrogens is 1. The van der Waals surface area contributed by atoms with Gasteiger partial charge in [0, 0.05) is 0 Å². The van der Waals surface area contributed by atoms with Gasteiger partial charge in [0.2, 0.25) is 0 Å². The Morgan fingerprint density at radius 2 is 1.70 bits per heavy atom. The van der Waals surface area contributed by atoms with Gasteiger partial charge >= 0.3 is 0 Å². The summed E-state index contributed by atoms with van der Waals surface area (Å²) in [6, 6.07) is 5.39. The van der Waals surface area contributed by atoms with E-state index in [9.17, 15) is 0 Å². The van der Waals surface area contributed by atoms with Gasteiger partial charge in [0.15, 0.2) is 0 Å².